The number of ether oxygens (including phenoxy) is 2. The van der Waals surface area contributed by atoms with Crippen LogP contribution in [-0.4, -0.2) is 26.2 Å². The van der Waals surface area contributed by atoms with Gasteiger partial charge in [0.2, 0.25) is 0 Å². The van der Waals surface area contributed by atoms with Crippen molar-refractivity contribution in [1.29, 1.82) is 0 Å². The Kier molecular flexibility index (Phi) is 3.51. The lowest BCUT2D eigenvalue weighted by molar-refractivity contribution is 0.0594. The number of hydrogen-bond acceptors (Lipinski definition) is 4. The summed E-state index contributed by atoms with van der Waals surface area (Å²) in [4.78, 5) is 23.8. The standard InChI is InChI=1S/C18H14O4/c1-21-17(19)13-7-3-5-11-9-12-6-4-8-14(18(20)22-2)16(12)10-15(11)13/h3-10H,1-2H3. The molecule has 0 heterocycles. The summed E-state index contributed by atoms with van der Waals surface area (Å²) in [6, 6.07) is 14.7. The number of fused-ring (bicyclic) bond motifs is 2. The Morgan fingerprint density at radius 1 is 0.727 bits per heavy atom. The van der Waals surface area contributed by atoms with Gasteiger partial charge in [0.05, 0.1) is 25.3 Å². The van der Waals surface area contributed by atoms with Crippen LogP contribution < -0.4 is 0 Å². The SMILES string of the molecule is COC(=O)c1cccc2cc3cccc(C(=O)OC)c3cc12. The topological polar surface area (TPSA) is 52.6 Å². The first-order valence-corrected chi connectivity index (χ1v) is 6.78. The number of benzene rings is 3. The minimum Gasteiger partial charge on any atom is -0.465 e. The average molecular weight is 294 g/mol. The summed E-state index contributed by atoms with van der Waals surface area (Å²) in [5.74, 6) is -0.805. The molecule has 0 aromatic heterocycles. The number of carbonyl (C=O) groups excluding carboxylic acids is 2. The van der Waals surface area contributed by atoms with Crippen molar-refractivity contribution in [1.82, 2.24) is 0 Å². The molecule has 0 saturated heterocycles. The fraction of sp³-hybridized carbons (Fsp3) is 0.111. The fourth-order valence-electron chi connectivity index (χ4n) is 2.63. The fourth-order valence-corrected chi connectivity index (χ4v) is 2.63. The monoisotopic (exact) mass is 294 g/mol. The molecule has 3 rings (SSSR count). The van der Waals surface area contributed by atoms with Gasteiger partial charge in [-0.1, -0.05) is 24.3 Å². The lowest BCUT2D eigenvalue weighted by Crippen LogP contribution is -2.03. The molecule has 0 spiro atoms. The summed E-state index contributed by atoms with van der Waals surface area (Å²) in [6.07, 6.45) is 0. The van der Waals surface area contributed by atoms with Crippen molar-refractivity contribution in [3.8, 4) is 0 Å². The second kappa shape index (κ2) is 5.48. The Balaban J connectivity index is 2.39. The predicted octanol–water partition coefficient (Wildman–Crippen LogP) is 3.57. The highest BCUT2D eigenvalue weighted by Crippen LogP contribution is 2.28. The molecule has 0 aliphatic heterocycles. The van der Waals surface area contributed by atoms with Gasteiger partial charge in [-0.2, -0.15) is 0 Å². The number of hydrogen-bond donors (Lipinski definition) is 0. The summed E-state index contributed by atoms with van der Waals surface area (Å²) in [7, 11) is 2.70. The molecule has 3 aromatic carbocycles. The number of methoxy groups -OCH3 is 2. The molecule has 3 aromatic rings. The quantitative estimate of drug-likeness (QED) is 0.535. The van der Waals surface area contributed by atoms with E-state index in [1.807, 2.05) is 36.4 Å². The summed E-state index contributed by atoms with van der Waals surface area (Å²) in [5.41, 5.74) is 0.947. The number of rotatable bonds is 2. The van der Waals surface area contributed by atoms with Gasteiger partial charge in [-0.25, -0.2) is 9.59 Å². The van der Waals surface area contributed by atoms with E-state index in [2.05, 4.69) is 0 Å². The molecule has 110 valence electrons. The Labute approximate surface area is 127 Å². The first kappa shape index (κ1) is 14.1. The first-order valence-electron chi connectivity index (χ1n) is 6.78. The van der Waals surface area contributed by atoms with Crippen LogP contribution >= 0.6 is 0 Å². The van der Waals surface area contributed by atoms with Gasteiger partial charge in [0.1, 0.15) is 0 Å². The van der Waals surface area contributed by atoms with E-state index < -0.39 is 11.9 Å². The maximum absolute atomic E-state index is 11.9. The summed E-state index contributed by atoms with van der Waals surface area (Å²) in [6.45, 7) is 0. The molecular formula is C18H14O4. The minimum absolute atomic E-state index is 0.402. The van der Waals surface area contributed by atoms with E-state index >= 15 is 0 Å². The van der Waals surface area contributed by atoms with E-state index in [1.54, 1.807) is 12.1 Å². The zero-order chi connectivity index (χ0) is 15.7. The van der Waals surface area contributed by atoms with E-state index in [4.69, 9.17) is 9.47 Å². The molecule has 0 aliphatic carbocycles. The second-order valence-corrected chi connectivity index (χ2v) is 4.89. The van der Waals surface area contributed by atoms with Crippen LogP contribution in [-0.2, 0) is 9.47 Å². The average Bonchev–Trinajstić information content (AvgIpc) is 2.57. The highest BCUT2D eigenvalue weighted by molar-refractivity contribution is 6.13. The lowest BCUT2D eigenvalue weighted by Gasteiger charge is -2.09. The molecule has 0 aliphatic rings. The van der Waals surface area contributed by atoms with Gasteiger partial charge < -0.3 is 9.47 Å². The van der Waals surface area contributed by atoms with Gasteiger partial charge in [0.15, 0.2) is 0 Å². The molecule has 4 heteroatoms. The van der Waals surface area contributed by atoms with Gasteiger partial charge in [-0.05, 0) is 45.8 Å². The highest BCUT2D eigenvalue weighted by Gasteiger charge is 2.14. The van der Waals surface area contributed by atoms with Crippen molar-refractivity contribution >= 4 is 33.5 Å². The molecule has 22 heavy (non-hydrogen) atoms. The van der Waals surface area contributed by atoms with Gasteiger partial charge in [0.25, 0.3) is 0 Å². The zero-order valence-electron chi connectivity index (χ0n) is 12.3. The third-order valence-electron chi connectivity index (χ3n) is 3.69. The second-order valence-electron chi connectivity index (χ2n) is 4.89. The molecule has 0 radical (unpaired) electrons. The molecule has 0 amide bonds. The van der Waals surface area contributed by atoms with E-state index in [0.29, 0.717) is 11.1 Å². The Hall–Kier alpha value is -2.88. The molecule has 4 nitrogen and oxygen atoms in total. The predicted molar refractivity (Wildman–Crippen MR) is 84.1 cm³/mol. The normalized spacial score (nSPS) is 10.6. The molecule has 0 unspecified atom stereocenters. The Morgan fingerprint density at radius 2 is 1.18 bits per heavy atom. The molecule has 0 saturated carbocycles. The van der Waals surface area contributed by atoms with Crippen molar-refractivity contribution in [2.75, 3.05) is 14.2 Å². The van der Waals surface area contributed by atoms with Gasteiger partial charge >= 0.3 is 11.9 Å². The third-order valence-corrected chi connectivity index (χ3v) is 3.69. The minimum atomic E-state index is -0.402. The van der Waals surface area contributed by atoms with E-state index in [-0.39, 0.29) is 0 Å². The Morgan fingerprint density at radius 3 is 1.59 bits per heavy atom. The van der Waals surface area contributed by atoms with Crippen molar-refractivity contribution in [3.05, 3.63) is 59.7 Å². The molecule has 0 atom stereocenters. The van der Waals surface area contributed by atoms with Gasteiger partial charge in [0, 0.05) is 0 Å². The third kappa shape index (κ3) is 2.19. The van der Waals surface area contributed by atoms with Crippen LogP contribution in [0.15, 0.2) is 48.5 Å². The summed E-state index contributed by atoms with van der Waals surface area (Å²) >= 11 is 0. The number of carbonyl (C=O) groups is 2. The maximum Gasteiger partial charge on any atom is 0.338 e. The molecular weight excluding hydrogens is 280 g/mol. The van der Waals surface area contributed by atoms with Gasteiger partial charge in [-0.3, -0.25) is 0 Å². The molecule has 0 bridgehead atoms. The lowest BCUT2D eigenvalue weighted by atomic mass is 9.97. The Bertz CT molecular complexity index is 825. The van der Waals surface area contributed by atoms with Crippen LogP contribution in [0.1, 0.15) is 20.7 Å². The van der Waals surface area contributed by atoms with Crippen molar-refractivity contribution in [2.24, 2.45) is 0 Å². The van der Waals surface area contributed by atoms with Crippen molar-refractivity contribution < 1.29 is 19.1 Å². The summed E-state index contributed by atoms with van der Waals surface area (Å²) < 4.78 is 9.65. The highest BCUT2D eigenvalue weighted by atomic mass is 16.5. The van der Waals surface area contributed by atoms with E-state index in [0.717, 1.165) is 21.5 Å². The van der Waals surface area contributed by atoms with Crippen LogP contribution in [0.4, 0.5) is 0 Å². The van der Waals surface area contributed by atoms with Crippen LogP contribution in [0.5, 0.6) is 0 Å². The van der Waals surface area contributed by atoms with Crippen LogP contribution in [0.25, 0.3) is 21.5 Å². The molecule has 0 fully saturated rings. The van der Waals surface area contributed by atoms with E-state index in [9.17, 15) is 9.59 Å². The van der Waals surface area contributed by atoms with Crippen LogP contribution in [0.3, 0.4) is 0 Å². The smallest absolute Gasteiger partial charge is 0.338 e. The molecule has 0 N–H and O–H groups in total. The van der Waals surface area contributed by atoms with Gasteiger partial charge in [-0.15, -0.1) is 0 Å². The summed E-state index contributed by atoms with van der Waals surface area (Å²) in [5, 5.41) is 3.33. The van der Waals surface area contributed by atoms with Crippen molar-refractivity contribution in [3.63, 3.8) is 0 Å². The maximum atomic E-state index is 11.9. The van der Waals surface area contributed by atoms with E-state index in [1.165, 1.54) is 14.2 Å². The van der Waals surface area contributed by atoms with Crippen LogP contribution in [0.2, 0.25) is 0 Å². The van der Waals surface area contributed by atoms with Crippen LogP contribution in [0, 0.1) is 0 Å². The number of esters is 2. The van der Waals surface area contributed by atoms with Crippen molar-refractivity contribution in [2.45, 2.75) is 0 Å². The first-order chi connectivity index (χ1) is 10.7. The largest absolute Gasteiger partial charge is 0.465 e. The zero-order valence-corrected chi connectivity index (χ0v) is 12.3.